The van der Waals surface area contributed by atoms with Crippen LogP contribution in [0.15, 0.2) is 47.6 Å². The highest BCUT2D eigenvalue weighted by Crippen LogP contribution is 2.19. The lowest BCUT2D eigenvalue weighted by atomic mass is 10.3. The van der Waals surface area contributed by atoms with Crippen LogP contribution in [-0.2, 0) is 14.8 Å². The Kier molecular flexibility index (Phi) is 5.17. The van der Waals surface area contributed by atoms with E-state index >= 15 is 0 Å². The molecule has 0 bridgehead atoms. The smallest absolute Gasteiger partial charge is 0.246 e. The van der Waals surface area contributed by atoms with Gasteiger partial charge >= 0.3 is 0 Å². The molecule has 1 aromatic heterocycles. The summed E-state index contributed by atoms with van der Waals surface area (Å²) in [6, 6.07) is 8.42. The Labute approximate surface area is 136 Å². The van der Waals surface area contributed by atoms with Gasteiger partial charge in [-0.05, 0) is 19.1 Å². The van der Waals surface area contributed by atoms with E-state index in [1.807, 2.05) is 30.3 Å². The Morgan fingerprint density at radius 3 is 2.57 bits per heavy atom. The van der Waals surface area contributed by atoms with Crippen molar-refractivity contribution in [3.05, 3.63) is 42.7 Å². The Morgan fingerprint density at radius 1 is 1.35 bits per heavy atom. The van der Waals surface area contributed by atoms with Crippen LogP contribution in [0.1, 0.15) is 13.8 Å². The maximum atomic E-state index is 12.8. The van der Waals surface area contributed by atoms with Crippen molar-refractivity contribution in [3.63, 3.8) is 0 Å². The van der Waals surface area contributed by atoms with Crippen molar-refractivity contribution in [1.29, 1.82) is 0 Å². The van der Waals surface area contributed by atoms with Gasteiger partial charge in [-0.15, -0.1) is 0 Å². The molecule has 7 nitrogen and oxygen atoms in total. The van der Waals surface area contributed by atoms with E-state index in [0.717, 1.165) is 9.99 Å². The zero-order chi connectivity index (χ0) is 17.0. The molecule has 1 aromatic carbocycles. The standard InChI is InChI=1S/C15H20N4O3S/c1-4-19(12(2)15(20)16-3)23(21,22)14-10-17-18(11-14)13-8-6-5-7-9-13/h5-12H,4H2,1-3H3,(H,16,20). The first-order valence-electron chi connectivity index (χ1n) is 7.25. The second-order valence-corrected chi connectivity index (χ2v) is 6.85. The summed E-state index contributed by atoms with van der Waals surface area (Å²) in [4.78, 5) is 11.8. The van der Waals surface area contributed by atoms with Gasteiger partial charge < -0.3 is 5.32 Å². The molecule has 0 saturated heterocycles. The van der Waals surface area contributed by atoms with Crippen molar-refractivity contribution in [2.24, 2.45) is 0 Å². The number of benzene rings is 1. The van der Waals surface area contributed by atoms with Crippen molar-refractivity contribution in [2.75, 3.05) is 13.6 Å². The zero-order valence-corrected chi connectivity index (χ0v) is 14.1. The fraction of sp³-hybridized carbons (Fsp3) is 0.333. The van der Waals surface area contributed by atoms with Crippen LogP contribution >= 0.6 is 0 Å². The number of likely N-dealkylation sites (N-methyl/N-ethyl adjacent to an activating group) is 2. The van der Waals surface area contributed by atoms with E-state index in [2.05, 4.69) is 10.4 Å². The van der Waals surface area contributed by atoms with E-state index in [9.17, 15) is 13.2 Å². The number of rotatable bonds is 6. The van der Waals surface area contributed by atoms with Crippen molar-refractivity contribution < 1.29 is 13.2 Å². The summed E-state index contributed by atoms with van der Waals surface area (Å²) >= 11 is 0. The minimum Gasteiger partial charge on any atom is -0.358 e. The quantitative estimate of drug-likeness (QED) is 0.853. The van der Waals surface area contributed by atoms with Crippen LogP contribution in [0.3, 0.4) is 0 Å². The summed E-state index contributed by atoms with van der Waals surface area (Å²) in [5, 5.41) is 6.57. The maximum Gasteiger partial charge on any atom is 0.246 e. The van der Waals surface area contributed by atoms with Crippen molar-refractivity contribution in [2.45, 2.75) is 24.8 Å². The van der Waals surface area contributed by atoms with Crippen LogP contribution in [0.4, 0.5) is 0 Å². The Bertz CT molecular complexity index is 771. The molecule has 0 saturated carbocycles. The lowest BCUT2D eigenvalue weighted by Gasteiger charge is -2.25. The monoisotopic (exact) mass is 336 g/mol. The SMILES string of the molecule is CCN(C(C)C(=O)NC)S(=O)(=O)c1cnn(-c2ccccc2)c1. The molecule has 23 heavy (non-hydrogen) atoms. The predicted molar refractivity (Wildman–Crippen MR) is 86.7 cm³/mol. The molecule has 8 heteroatoms. The fourth-order valence-corrected chi connectivity index (χ4v) is 3.82. The Hall–Kier alpha value is -2.19. The number of hydrogen-bond donors (Lipinski definition) is 1. The second-order valence-electron chi connectivity index (χ2n) is 4.95. The van der Waals surface area contributed by atoms with Gasteiger partial charge in [-0.25, -0.2) is 13.1 Å². The minimum atomic E-state index is -3.80. The molecule has 0 aliphatic heterocycles. The molecule has 0 aliphatic carbocycles. The first kappa shape index (κ1) is 17.2. The molecule has 2 aromatic rings. The molecule has 0 aliphatic rings. The van der Waals surface area contributed by atoms with Crippen molar-refractivity contribution in [1.82, 2.24) is 19.4 Å². The molecule has 1 atom stereocenters. The summed E-state index contributed by atoms with van der Waals surface area (Å²) in [6.45, 7) is 3.44. The van der Waals surface area contributed by atoms with E-state index in [1.165, 1.54) is 24.1 Å². The highest BCUT2D eigenvalue weighted by atomic mass is 32.2. The average molecular weight is 336 g/mol. The number of sulfonamides is 1. The van der Waals surface area contributed by atoms with Gasteiger partial charge in [-0.2, -0.15) is 9.40 Å². The van der Waals surface area contributed by atoms with Crippen molar-refractivity contribution in [3.8, 4) is 5.69 Å². The van der Waals surface area contributed by atoms with Crippen LogP contribution < -0.4 is 5.32 Å². The van der Waals surface area contributed by atoms with Gasteiger partial charge in [-0.3, -0.25) is 4.79 Å². The highest BCUT2D eigenvalue weighted by molar-refractivity contribution is 7.89. The number of nitrogens with one attached hydrogen (secondary N) is 1. The second kappa shape index (κ2) is 6.93. The third-order valence-corrected chi connectivity index (χ3v) is 5.55. The first-order valence-corrected chi connectivity index (χ1v) is 8.69. The molecule has 0 spiro atoms. The predicted octanol–water partition coefficient (Wildman–Crippen LogP) is 1.02. The van der Waals surface area contributed by atoms with Gasteiger partial charge in [0, 0.05) is 13.6 Å². The molecular formula is C15H20N4O3S. The van der Waals surface area contributed by atoms with Gasteiger partial charge in [0.2, 0.25) is 15.9 Å². The van der Waals surface area contributed by atoms with E-state index < -0.39 is 16.1 Å². The normalized spacial score (nSPS) is 13.0. The molecule has 2 rings (SSSR count). The van der Waals surface area contributed by atoms with Crippen LogP contribution in [0, 0.1) is 0 Å². The van der Waals surface area contributed by atoms with E-state index in [0.29, 0.717) is 0 Å². The van der Waals surface area contributed by atoms with E-state index in [-0.39, 0.29) is 17.3 Å². The van der Waals surface area contributed by atoms with Gasteiger partial charge in [-0.1, -0.05) is 25.1 Å². The molecule has 1 unspecified atom stereocenters. The van der Waals surface area contributed by atoms with Gasteiger partial charge in [0.1, 0.15) is 10.9 Å². The van der Waals surface area contributed by atoms with Crippen LogP contribution in [0.5, 0.6) is 0 Å². The zero-order valence-electron chi connectivity index (χ0n) is 13.3. The average Bonchev–Trinajstić information content (AvgIpc) is 3.06. The van der Waals surface area contributed by atoms with E-state index in [1.54, 1.807) is 13.8 Å². The molecule has 0 fully saturated rings. The topological polar surface area (TPSA) is 84.3 Å². The van der Waals surface area contributed by atoms with Gasteiger partial charge in [0.25, 0.3) is 0 Å². The summed E-state index contributed by atoms with van der Waals surface area (Å²) in [7, 11) is -2.32. The highest BCUT2D eigenvalue weighted by Gasteiger charge is 2.32. The van der Waals surface area contributed by atoms with Gasteiger partial charge in [0.05, 0.1) is 18.1 Å². The summed E-state index contributed by atoms with van der Waals surface area (Å²) in [6.07, 6.45) is 2.74. The first-order chi connectivity index (χ1) is 10.9. The fourth-order valence-electron chi connectivity index (χ4n) is 2.29. The molecule has 1 N–H and O–H groups in total. The number of nitrogens with zero attached hydrogens (tertiary/aromatic N) is 3. The lowest BCUT2D eigenvalue weighted by Crippen LogP contribution is -2.46. The third kappa shape index (κ3) is 3.43. The van der Waals surface area contributed by atoms with Crippen LogP contribution in [0.2, 0.25) is 0 Å². The Morgan fingerprint density at radius 2 is 2.00 bits per heavy atom. The summed E-state index contributed by atoms with van der Waals surface area (Å²) in [5.74, 6) is -0.356. The maximum absolute atomic E-state index is 12.8. The molecule has 124 valence electrons. The number of carbonyl (C=O) groups excluding carboxylic acids is 1. The molecule has 0 radical (unpaired) electrons. The molecular weight excluding hydrogens is 316 g/mol. The number of amides is 1. The van der Waals surface area contributed by atoms with Crippen LogP contribution in [0.25, 0.3) is 5.69 Å². The number of hydrogen-bond acceptors (Lipinski definition) is 4. The van der Waals surface area contributed by atoms with Gasteiger partial charge in [0.15, 0.2) is 0 Å². The summed E-state index contributed by atoms with van der Waals surface area (Å²) in [5.41, 5.74) is 0.761. The Balaban J connectivity index is 2.36. The third-order valence-electron chi connectivity index (χ3n) is 3.56. The number of para-hydroxylation sites is 1. The number of aromatic nitrogens is 2. The van der Waals surface area contributed by atoms with Crippen LogP contribution in [-0.4, -0.2) is 48.0 Å². The molecule has 1 amide bonds. The van der Waals surface area contributed by atoms with E-state index in [4.69, 9.17) is 0 Å². The molecule has 1 heterocycles. The lowest BCUT2D eigenvalue weighted by molar-refractivity contribution is -0.123. The summed E-state index contributed by atoms with van der Waals surface area (Å²) < 4.78 is 28.2. The largest absolute Gasteiger partial charge is 0.358 e. The minimum absolute atomic E-state index is 0.0546. The number of carbonyl (C=O) groups is 1. The van der Waals surface area contributed by atoms with Crippen molar-refractivity contribution >= 4 is 15.9 Å².